The number of halogens is 1. The summed E-state index contributed by atoms with van der Waals surface area (Å²) in [6, 6.07) is 1.63. The third-order valence-corrected chi connectivity index (χ3v) is 8.43. The summed E-state index contributed by atoms with van der Waals surface area (Å²) < 4.78 is 25.4. The van der Waals surface area contributed by atoms with E-state index in [-0.39, 0.29) is 10.0 Å². The van der Waals surface area contributed by atoms with Crippen molar-refractivity contribution in [2.24, 2.45) is 7.05 Å². The van der Waals surface area contributed by atoms with Crippen molar-refractivity contribution in [3.8, 4) is 0 Å². The first-order valence-electron chi connectivity index (χ1n) is 10.8. The van der Waals surface area contributed by atoms with Crippen LogP contribution < -0.4 is 10.0 Å². The number of rotatable bonds is 5. The van der Waals surface area contributed by atoms with Gasteiger partial charge >= 0.3 is 6.03 Å². The molecule has 10 heteroatoms. The summed E-state index contributed by atoms with van der Waals surface area (Å²) >= 11 is 6.46. The summed E-state index contributed by atoms with van der Waals surface area (Å²) in [6.45, 7) is 2.56. The zero-order chi connectivity index (χ0) is 21.8. The Bertz CT molecular complexity index is 1140. The smallest absolute Gasteiger partial charge is 0.307 e. The lowest BCUT2D eigenvalue weighted by atomic mass is 9.99. The van der Waals surface area contributed by atoms with Gasteiger partial charge < -0.3 is 5.32 Å². The van der Waals surface area contributed by atoms with Gasteiger partial charge in [0.25, 0.3) is 0 Å². The lowest BCUT2D eigenvalue weighted by Gasteiger charge is -2.30. The number of nitrogens with one attached hydrogen (secondary N) is 3. The number of aromatic nitrogens is 2. The second-order valence-corrected chi connectivity index (χ2v) is 10.7. The van der Waals surface area contributed by atoms with Crippen LogP contribution in [0.4, 0.5) is 10.5 Å². The molecule has 0 spiro atoms. The zero-order valence-corrected chi connectivity index (χ0v) is 19.2. The molecule has 3 aliphatic rings. The molecular formula is C21H27ClN6O2S. The van der Waals surface area contributed by atoms with Crippen LogP contribution in [0.3, 0.4) is 0 Å². The monoisotopic (exact) mass is 462 g/mol. The minimum atomic E-state index is -3.71. The second kappa shape index (κ2) is 7.79. The highest BCUT2D eigenvalue weighted by Crippen LogP contribution is 2.38. The normalized spacial score (nSPS) is 19.4. The van der Waals surface area contributed by atoms with Crippen LogP contribution in [0, 0.1) is 4.78 Å². The topological polar surface area (TPSA) is 103 Å². The van der Waals surface area contributed by atoms with Crippen molar-refractivity contribution < 1.29 is 9.00 Å². The fourth-order valence-corrected chi connectivity index (χ4v) is 6.46. The minimum Gasteiger partial charge on any atom is -0.307 e. The zero-order valence-electron chi connectivity index (χ0n) is 17.6. The number of aryl methyl sites for hydroxylation is 3. The van der Waals surface area contributed by atoms with Gasteiger partial charge in [-0.1, -0.05) is 17.7 Å². The Morgan fingerprint density at radius 2 is 1.81 bits per heavy atom. The maximum atomic E-state index is 13.1. The van der Waals surface area contributed by atoms with Crippen molar-refractivity contribution in [3.63, 3.8) is 0 Å². The number of nitrogens with zero attached hydrogens (tertiary/aromatic N) is 3. The minimum absolute atomic E-state index is 0.0918. The lowest BCUT2D eigenvalue weighted by molar-refractivity contribution is 0.168. The summed E-state index contributed by atoms with van der Waals surface area (Å²) in [4.78, 5) is 15.0. The van der Waals surface area contributed by atoms with Gasteiger partial charge in [0, 0.05) is 19.3 Å². The van der Waals surface area contributed by atoms with Crippen molar-refractivity contribution in [1.82, 2.24) is 19.4 Å². The number of benzene rings is 1. The number of urea groups is 1. The Hall–Kier alpha value is -2.10. The first-order chi connectivity index (χ1) is 14.8. The summed E-state index contributed by atoms with van der Waals surface area (Å²) in [5.74, 6) is 0. The molecule has 0 bridgehead atoms. The van der Waals surface area contributed by atoms with E-state index in [2.05, 4.69) is 26.1 Å². The van der Waals surface area contributed by atoms with E-state index >= 15 is 0 Å². The molecule has 2 aliphatic carbocycles. The predicted octanol–water partition coefficient (Wildman–Crippen LogP) is 3.40. The van der Waals surface area contributed by atoms with Gasteiger partial charge in [-0.25, -0.2) is 18.5 Å². The Morgan fingerprint density at radius 3 is 2.39 bits per heavy atom. The van der Waals surface area contributed by atoms with Crippen LogP contribution in [0.5, 0.6) is 0 Å². The van der Waals surface area contributed by atoms with E-state index in [4.69, 9.17) is 16.4 Å². The number of anilines is 1. The first-order valence-corrected chi connectivity index (χ1v) is 12.7. The van der Waals surface area contributed by atoms with E-state index in [1.807, 2.05) is 0 Å². The molecule has 1 unspecified atom stereocenters. The predicted molar refractivity (Wildman–Crippen MR) is 120 cm³/mol. The van der Waals surface area contributed by atoms with Crippen molar-refractivity contribution in [2.75, 3.05) is 18.4 Å². The van der Waals surface area contributed by atoms with Crippen LogP contribution in [-0.4, -0.2) is 38.0 Å². The van der Waals surface area contributed by atoms with Gasteiger partial charge in [-0.15, -0.1) is 0 Å². The number of fused-ring (bicyclic) bond motifs is 2. The van der Waals surface area contributed by atoms with Gasteiger partial charge in [0.15, 0.2) is 14.9 Å². The molecule has 1 aromatic carbocycles. The lowest BCUT2D eigenvalue weighted by Crippen LogP contribution is -2.37. The molecule has 2 amide bonds. The Kier molecular flexibility index (Phi) is 5.22. The number of carbonyl (C=O) groups excluding carboxylic acids is 1. The highest BCUT2D eigenvalue weighted by Gasteiger charge is 2.29. The number of likely N-dealkylation sites (tertiary alicyclic amines) is 1. The average molecular weight is 463 g/mol. The first kappa shape index (κ1) is 20.8. The van der Waals surface area contributed by atoms with Crippen molar-refractivity contribution in [1.29, 1.82) is 4.78 Å². The Balaban J connectivity index is 1.37. The fourth-order valence-electron chi connectivity index (χ4n) is 4.90. The molecular weight excluding hydrogens is 436 g/mol. The molecule has 2 heterocycles. The summed E-state index contributed by atoms with van der Waals surface area (Å²) in [6.07, 6.45) is 7.21. The number of amides is 2. The van der Waals surface area contributed by atoms with E-state index in [0.717, 1.165) is 63.7 Å². The molecule has 1 aromatic heterocycles. The summed E-state index contributed by atoms with van der Waals surface area (Å²) in [5.41, 5.74) is 6.51. The van der Waals surface area contributed by atoms with Crippen LogP contribution in [0.15, 0.2) is 11.1 Å². The molecule has 2 aromatic rings. The maximum absolute atomic E-state index is 13.1. The Labute approximate surface area is 187 Å². The number of hydrogen-bond donors (Lipinski definition) is 3. The molecule has 3 N–H and O–H groups in total. The molecule has 1 atom stereocenters. The van der Waals surface area contributed by atoms with Gasteiger partial charge in [0.2, 0.25) is 0 Å². The van der Waals surface area contributed by atoms with E-state index in [1.165, 1.54) is 22.3 Å². The highest BCUT2D eigenvalue weighted by atomic mass is 35.5. The van der Waals surface area contributed by atoms with E-state index in [0.29, 0.717) is 12.2 Å². The molecule has 0 radical (unpaired) electrons. The third kappa shape index (κ3) is 3.72. The van der Waals surface area contributed by atoms with Gasteiger partial charge in [-0.05, 0) is 80.3 Å². The van der Waals surface area contributed by atoms with Crippen molar-refractivity contribution >= 4 is 33.2 Å². The van der Waals surface area contributed by atoms with Crippen LogP contribution in [0.25, 0.3) is 0 Å². The van der Waals surface area contributed by atoms with Crippen LogP contribution >= 0.6 is 11.6 Å². The van der Waals surface area contributed by atoms with E-state index in [9.17, 15) is 9.00 Å². The maximum Gasteiger partial charge on any atom is 0.332 e. The largest absolute Gasteiger partial charge is 0.332 e. The quantitative estimate of drug-likeness (QED) is 0.633. The van der Waals surface area contributed by atoms with Gasteiger partial charge in [-0.3, -0.25) is 9.58 Å². The van der Waals surface area contributed by atoms with E-state index in [1.54, 1.807) is 11.7 Å². The summed E-state index contributed by atoms with van der Waals surface area (Å²) in [5, 5.41) is 7.25. The molecule has 0 saturated carbocycles. The molecule has 31 heavy (non-hydrogen) atoms. The molecule has 166 valence electrons. The molecule has 8 nitrogen and oxygen atoms in total. The summed E-state index contributed by atoms with van der Waals surface area (Å²) in [7, 11) is -1.99. The van der Waals surface area contributed by atoms with Gasteiger partial charge in [0.1, 0.15) is 5.02 Å². The third-order valence-electron chi connectivity index (χ3n) is 6.61. The van der Waals surface area contributed by atoms with Crippen LogP contribution in [-0.2, 0) is 49.2 Å². The highest BCUT2D eigenvalue weighted by molar-refractivity contribution is 7.91. The van der Waals surface area contributed by atoms with Crippen molar-refractivity contribution in [3.05, 3.63) is 39.0 Å². The van der Waals surface area contributed by atoms with Crippen molar-refractivity contribution in [2.45, 2.75) is 56.5 Å². The van der Waals surface area contributed by atoms with Crippen LogP contribution in [0.1, 0.15) is 47.2 Å². The molecule has 1 fully saturated rings. The van der Waals surface area contributed by atoms with Gasteiger partial charge in [0.05, 0.1) is 5.69 Å². The standard InChI is InChI=1S/C21H27ClN6O2S/c1-27-17(12-28-9-4-10-28)18(22)20(25-27)31(23,30)26-21(29)24-19-15-7-2-5-13(15)11-14-6-3-8-16(14)19/h11H,2-10,12H2,1H3,(H3,23,24,26,29,30). The average Bonchev–Trinajstić information content (AvgIpc) is 3.38. The van der Waals surface area contributed by atoms with Gasteiger partial charge in [-0.2, -0.15) is 5.10 Å². The number of carbonyl (C=O) groups is 1. The molecule has 5 rings (SSSR count). The Morgan fingerprint density at radius 1 is 1.16 bits per heavy atom. The number of hydrogen-bond acceptors (Lipinski definition) is 5. The second-order valence-electron chi connectivity index (χ2n) is 8.67. The molecule has 1 aliphatic heterocycles. The fraction of sp³-hybridized carbons (Fsp3) is 0.524. The SMILES string of the molecule is Cn1nc(S(=N)(=O)NC(=O)Nc2c3c(cc4c2CCC4)CCC3)c(Cl)c1CN1CCC1. The van der Waals surface area contributed by atoms with E-state index < -0.39 is 15.9 Å². The van der Waals surface area contributed by atoms with Crippen LogP contribution in [0.2, 0.25) is 5.02 Å². The molecule has 1 saturated heterocycles.